The van der Waals surface area contributed by atoms with E-state index in [0.717, 1.165) is 31.7 Å². The van der Waals surface area contributed by atoms with Gasteiger partial charge in [0.15, 0.2) is 5.78 Å². The number of aliphatic imine (C=N–C) groups is 1. The lowest BCUT2D eigenvalue weighted by Gasteiger charge is -2.26. The summed E-state index contributed by atoms with van der Waals surface area (Å²) in [7, 11) is 0. The Labute approximate surface area is 156 Å². The van der Waals surface area contributed by atoms with E-state index in [1.807, 2.05) is 6.07 Å². The largest absolute Gasteiger partial charge is 0.494 e. The van der Waals surface area contributed by atoms with E-state index in [2.05, 4.69) is 33.4 Å². The maximum atomic E-state index is 11.3. The van der Waals surface area contributed by atoms with E-state index in [1.165, 1.54) is 37.9 Å². The zero-order chi connectivity index (χ0) is 18.0. The molecule has 26 heavy (non-hydrogen) atoms. The lowest BCUT2D eigenvalue weighted by molar-refractivity contribution is -0.113. The van der Waals surface area contributed by atoms with Crippen LogP contribution in [0.2, 0.25) is 0 Å². The lowest BCUT2D eigenvalue weighted by Crippen LogP contribution is -2.31. The highest BCUT2D eigenvalue weighted by Crippen LogP contribution is 2.15. The number of carbonyl (C=O) groups is 1. The monoisotopic (exact) mass is 355 g/mol. The molecule has 0 spiro atoms. The molecule has 2 heterocycles. The summed E-state index contributed by atoms with van der Waals surface area (Å²) in [5.41, 5.74) is 1.34. The van der Waals surface area contributed by atoms with Gasteiger partial charge >= 0.3 is 0 Å². The van der Waals surface area contributed by atoms with E-state index < -0.39 is 0 Å². The quantitative estimate of drug-likeness (QED) is 0.692. The van der Waals surface area contributed by atoms with Crippen molar-refractivity contribution in [3.8, 4) is 5.75 Å². The van der Waals surface area contributed by atoms with Gasteiger partial charge in [-0.3, -0.25) is 4.79 Å². The molecule has 0 aliphatic carbocycles. The maximum absolute atomic E-state index is 11.3. The third-order valence-electron chi connectivity index (χ3n) is 4.78. The number of likely N-dealkylation sites (tertiary alicyclic amines) is 1. The van der Waals surface area contributed by atoms with Crippen molar-refractivity contribution in [2.24, 2.45) is 4.99 Å². The molecule has 140 valence electrons. The van der Waals surface area contributed by atoms with Crippen molar-refractivity contribution in [1.82, 2.24) is 10.2 Å². The van der Waals surface area contributed by atoms with Gasteiger partial charge in [-0.15, -0.1) is 0 Å². The number of hydrogen-bond acceptors (Lipinski definition) is 5. The number of benzene rings is 1. The summed E-state index contributed by atoms with van der Waals surface area (Å²) in [5, 5.41) is 3.16. The second-order valence-corrected chi connectivity index (χ2v) is 6.94. The molecule has 0 amide bonds. The van der Waals surface area contributed by atoms with Gasteiger partial charge in [0.05, 0.1) is 6.61 Å². The Bertz CT molecular complexity index is 648. The third-order valence-corrected chi connectivity index (χ3v) is 4.78. The number of hydrogen-bond donors (Lipinski definition) is 1. The Kier molecular flexibility index (Phi) is 7.25. The molecule has 0 unspecified atom stereocenters. The molecule has 5 heteroatoms. The van der Waals surface area contributed by atoms with E-state index >= 15 is 0 Å². The van der Waals surface area contributed by atoms with E-state index in [9.17, 15) is 4.79 Å². The summed E-state index contributed by atoms with van der Waals surface area (Å²) in [6.07, 6.45) is 9.62. The molecule has 0 aromatic heterocycles. The molecule has 1 aromatic carbocycles. The van der Waals surface area contributed by atoms with Crippen molar-refractivity contribution in [3.05, 3.63) is 41.7 Å². The van der Waals surface area contributed by atoms with Gasteiger partial charge in [0, 0.05) is 31.8 Å². The van der Waals surface area contributed by atoms with Gasteiger partial charge < -0.3 is 15.0 Å². The van der Waals surface area contributed by atoms with Crippen molar-refractivity contribution >= 4 is 12.0 Å². The molecule has 5 nitrogen and oxygen atoms in total. The highest BCUT2D eigenvalue weighted by Gasteiger charge is 2.09. The molecule has 0 atom stereocenters. The molecule has 2 aliphatic rings. The number of ether oxygens (including phenoxy) is 1. The van der Waals surface area contributed by atoms with Gasteiger partial charge in [-0.25, -0.2) is 4.99 Å². The fourth-order valence-corrected chi connectivity index (χ4v) is 3.32. The van der Waals surface area contributed by atoms with Crippen molar-refractivity contribution in [2.75, 3.05) is 32.8 Å². The predicted octanol–water partition coefficient (Wildman–Crippen LogP) is 2.96. The van der Waals surface area contributed by atoms with Crippen LogP contribution in [0, 0.1) is 0 Å². The van der Waals surface area contributed by atoms with Gasteiger partial charge in [-0.05, 0) is 56.5 Å². The van der Waals surface area contributed by atoms with Crippen LogP contribution in [0.15, 0.2) is 41.2 Å². The summed E-state index contributed by atoms with van der Waals surface area (Å²) < 4.78 is 5.87. The van der Waals surface area contributed by atoms with Crippen LogP contribution < -0.4 is 10.1 Å². The van der Waals surface area contributed by atoms with E-state index in [-0.39, 0.29) is 5.78 Å². The number of carbonyl (C=O) groups excluding carboxylic acids is 1. The van der Waals surface area contributed by atoms with Crippen molar-refractivity contribution < 1.29 is 9.53 Å². The van der Waals surface area contributed by atoms with Crippen LogP contribution in [-0.2, 0) is 11.2 Å². The number of nitrogens with zero attached hydrogens (tertiary/aromatic N) is 2. The average molecular weight is 355 g/mol. The van der Waals surface area contributed by atoms with Crippen LogP contribution in [0.5, 0.6) is 5.75 Å². The van der Waals surface area contributed by atoms with Gasteiger partial charge in [0.25, 0.3) is 0 Å². The zero-order valence-electron chi connectivity index (χ0n) is 15.5. The molecule has 1 fully saturated rings. The molecule has 0 saturated carbocycles. The molecule has 1 saturated heterocycles. The zero-order valence-corrected chi connectivity index (χ0v) is 15.5. The number of ketones is 1. The number of rotatable bonds is 9. The maximum Gasteiger partial charge on any atom is 0.164 e. The molecule has 0 radical (unpaired) electrons. The molecular formula is C21H29N3O2. The predicted molar refractivity (Wildman–Crippen MR) is 105 cm³/mol. The first-order chi connectivity index (χ1) is 12.8. The molecule has 1 N–H and O–H groups in total. The average Bonchev–Trinajstić information content (AvgIpc) is 2.67. The molecule has 2 aliphatic heterocycles. The standard InChI is InChI=1S/C21H29N3O2/c25-19-8-11-23-21(17-19)22-10-5-15-26-20-7-4-6-18(16-20)9-14-24-12-2-1-3-13-24/h4,6-7,11,16-17,22H,1-3,5,8-10,12-15H2. The molecule has 3 rings (SSSR count). The summed E-state index contributed by atoms with van der Waals surface area (Å²) in [6.45, 7) is 5.02. The second kappa shape index (κ2) is 10.1. The fraction of sp³-hybridized carbons (Fsp3) is 0.524. The number of piperidine rings is 1. The smallest absolute Gasteiger partial charge is 0.164 e. The summed E-state index contributed by atoms with van der Waals surface area (Å²) in [6, 6.07) is 8.43. The second-order valence-electron chi connectivity index (χ2n) is 6.94. The molecule has 0 bridgehead atoms. The van der Waals surface area contributed by atoms with Gasteiger partial charge in [-0.2, -0.15) is 0 Å². The summed E-state index contributed by atoms with van der Waals surface area (Å²) in [4.78, 5) is 18.0. The van der Waals surface area contributed by atoms with Crippen molar-refractivity contribution in [2.45, 2.75) is 38.5 Å². The number of nitrogens with one attached hydrogen (secondary N) is 1. The van der Waals surface area contributed by atoms with E-state index in [4.69, 9.17) is 4.74 Å². The molecule has 1 aromatic rings. The van der Waals surface area contributed by atoms with Crippen molar-refractivity contribution in [3.63, 3.8) is 0 Å². The Morgan fingerprint density at radius 1 is 1.19 bits per heavy atom. The third kappa shape index (κ3) is 6.30. The van der Waals surface area contributed by atoms with E-state index in [1.54, 1.807) is 12.3 Å². The van der Waals surface area contributed by atoms with Crippen LogP contribution in [0.3, 0.4) is 0 Å². The first kappa shape index (κ1) is 18.6. The van der Waals surface area contributed by atoms with Crippen LogP contribution in [0.4, 0.5) is 0 Å². The topological polar surface area (TPSA) is 53.9 Å². The Hall–Kier alpha value is -2.14. The van der Waals surface area contributed by atoms with Crippen molar-refractivity contribution in [1.29, 1.82) is 0 Å². The minimum absolute atomic E-state index is 0.0973. The molecular weight excluding hydrogens is 326 g/mol. The van der Waals surface area contributed by atoms with Crippen LogP contribution in [-0.4, -0.2) is 49.7 Å². The Balaban J connectivity index is 1.34. The SMILES string of the molecule is O=C1C=C(NCCCOc2cccc(CCN3CCCCC3)c2)N=CC1. The van der Waals surface area contributed by atoms with Gasteiger partial charge in [0.1, 0.15) is 11.6 Å². The first-order valence-corrected chi connectivity index (χ1v) is 9.75. The summed E-state index contributed by atoms with van der Waals surface area (Å²) in [5.74, 6) is 1.69. The highest BCUT2D eigenvalue weighted by molar-refractivity contribution is 6.01. The lowest BCUT2D eigenvalue weighted by atomic mass is 10.1. The van der Waals surface area contributed by atoms with Crippen LogP contribution >= 0.6 is 0 Å². The highest BCUT2D eigenvalue weighted by atomic mass is 16.5. The first-order valence-electron chi connectivity index (χ1n) is 9.75. The fourth-order valence-electron chi connectivity index (χ4n) is 3.32. The van der Waals surface area contributed by atoms with Crippen LogP contribution in [0.25, 0.3) is 0 Å². The van der Waals surface area contributed by atoms with Crippen LogP contribution in [0.1, 0.15) is 37.7 Å². The minimum Gasteiger partial charge on any atom is -0.494 e. The Morgan fingerprint density at radius 2 is 2.08 bits per heavy atom. The van der Waals surface area contributed by atoms with Gasteiger partial charge in [0.2, 0.25) is 0 Å². The van der Waals surface area contributed by atoms with E-state index in [0.29, 0.717) is 18.8 Å². The van der Waals surface area contributed by atoms with Gasteiger partial charge in [-0.1, -0.05) is 18.6 Å². The number of allylic oxidation sites excluding steroid dienone is 1. The summed E-state index contributed by atoms with van der Waals surface area (Å²) >= 11 is 0. The minimum atomic E-state index is 0.0973. The normalized spacial score (nSPS) is 17.8. The Morgan fingerprint density at radius 3 is 2.92 bits per heavy atom.